The third-order valence-corrected chi connectivity index (χ3v) is 6.77. The molecule has 2 unspecified atom stereocenters. The van der Waals surface area contributed by atoms with Crippen LogP contribution in [0.2, 0.25) is 0 Å². The predicted octanol–water partition coefficient (Wildman–Crippen LogP) is 2.51. The van der Waals surface area contributed by atoms with E-state index >= 15 is 0 Å². The van der Waals surface area contributed by atoms with Gasteiger partial charge in [-0.05, 0) is 49.4 Å². The normalized spacial score (nSPS) is 19.5. The molecule has 3 atom stereocenters. The van der Waals surface area contributed by atoms with Gasteiger partial charge in [-0.3, -0.25) is 24.2 Å². The second-order valence-electron chi connectivity index (χ2n) is 9.92. The lowest BCUT2D eigenvalue weighted by molar-refractivity contribution is -0.140. The number of aromatic nitrogens is 1. The summed E-state index contributed by atoms with van der Waals surface area (Å²) in [5.41, 5.74) is 1.25. The van der Waals surface area contributed by atoms with Crippen LogP contribution in [0.1, 0.15) is 42.6 Å². The molecule has 9 heteroatoms. The number of ether oxygens (including phenoxy) is 1. The molecule has 2 fully saturated rings. The molecule has 0 aliphatic carbocycles. The number of amides is 3. The van der Waals surface area contributed by atoms with Gasteiger partial charge in [0.1, 0.15) is 17.8 Å². The van der Waals surface area contributed by atoms with Gasteiger partial charge in [0.15, 0.2) is 11.5 Å². The van der Waals surface area contributed by atoms with Crippen LogP contribution in [-0.2, 0) is 14.4 Å². The number of pyridine rings is 1. The summed E-state index contributed by atoms with van der Waals surface area (Å²) in [4.78, 5) is 59.7. The highest BCUT2D eigenvalue weighted by Gasteiger charge is 2.52. The van der Waals surface area contributed by atoms with Crippen molar-refractivity contribution in [3.05, 3.63) is 72.3 Å². The Hall–Kier alpha value is -4.01. The summed E-state index contributed by atoms with van der Waals surface area (Å²) in [5, 5.41) is 2.76. The van der Waals surface area contributed by atoms with Crippen molar-refractivity contribution in [2.24, 2.45) is 5.92 Å². The molecule has 2 aliphatic rings. The quantitative estimate of drug-likeness (QED) is 0.437. The SMILES string of the molecule is C=C(Oc1ccccc1C)C(=O)N[C@@H](CC(C)C)C(=O)N1CCC2C1C(=O)CN2C(=O)c1cccnc1. The first-order chi connectivity index (χ1) is 17.7. The summed E-state index contributed by atoms with van der Waals surface area (Å²) in [6.45, 7) is 9.76. The molecule has 3 heterocycles. The van der Waals surface area contributed by atoms with Gasteiger partial charge < -0.3 is 19.9 Å². The number of Topliss-reactive ketones (excluding diaryl/α,β-unsaturated/α-hetero) is 1. The molecule has 0 radical (unpaired) electrons. The molecule has 2 aromatic rings. The average Bonchev–Trinajstić information content (AvgIpc) is 3.45. The molecule has 1 N–H and O–H groups in total. The van der Waals surface area contributed by atoms with Gasteiger partial charge in [0.2, 0.25) is 5.91 Å². The van der Waals surface area contributed by atoms with Gasteiger partial charge in [0, 0.05) is 18.9 Å². The number of benzene rings is 1. The van der Waals surface area contributed by atoms with Crippen LogP contribution >= 0.6 is 0 Å². The van der Waals surface area contributed by atoms with Crippen molar-refractivity contribution in [3.8, 4) is 5.75 Å². The molecule has 1 aromatic heterocycles. The molecule has 2 aliphatic heterocycles. The van der Waals surface area contributed by atoms with E-state index in [1.165, 1.54) is 16.0 Å². The molecule has 9 nitrogen and oxygen atoms in total. The molecule has 3 amide bonds. The van der Waals surface area contributed by atoms with Crippen LogP contribution in [0.25, 0.3) is 0 Å². The van der Waals surface area contributed by atoms with Gasteiger partial charge in [-0.1, -0.05) is 38.6 Å². The molecule has 0 saturated carbocycles. The topological polar surface area (TPSA) is 109 Å². The Morgan fingerprint density at radius 1 is 1.16 bits per heavy atom. The van der Waals surface area contributed by atoms with E-state index in [9.17, 15) is 19.2 Å². The van der Waals surface area contributed by atoms with E-state index in [0.717, 1.165) is 5.56 Å². The number of likely N-dealkylation sites (tertiary alicyclic amines) is 2. The van der Waals surface area contributed by atoms with Crippen molar-refractivity contribution >= 4 is 23.5 Å². The number of para-hydroxylation sites is 1. The molecule has 0 bridgehead atoms. The zero-order valence-electron chi connectivity index (χ0n) is 21.3. The molecule has 1 aromatic carbocycles. The van der Waals surface area contributed by atoms with Crippen LogP contribution < -0.4 is 10.1 Å². The standard InChI is InChI=1S/C28H32N4O5/c1-17(2)14-21(30-26(34)19(4)37-24-10-6-5-8-18(24)3)28(36)31-13-11-22-25(31)23(33)16-32(22)27(35)20-9-7-12-29-15-20/h5-10,12,15,17,21-22,25H,4,11,13-14,16H2,1-3H3,(H,30,34)/t21-,22?,25?/m0/s1. The third kappa shape index (κ3) is 5.55. The molecule has 4 rings (SSSR count). The molecule has 194 valence electrons. The minimum atomic E-state index is -0.862. The Morgan fingerprint density at radius 2 is 1.92 bits per heavy atom. The zero-order chi connectivity index (χ0) is 26.7. The Morgan fingerprint density at radius 3 is 2.59 bits per heavy atom. The van der Waals surface area contributed by atoms with Crippen LogP contribution in [0, 0.1) is 12.8 Å². The lowest BCUT2D eigenvalue weighted by Crippen LogP contribution is -2.53. The maximum absolute atomic E-state index is 13.7. The summed E-state index contributed by atoms with van der Waals surface area (Å²) in [6.07, 6.45) is 3.91. The molecular formula is C28H32N4O5. The van der Waals surface area contributed by atoms with Gasteiger partial charge in [-0.15, -0.1) is 0 Å². The Balaban J connectivity index is 1.47. The number of carbonyl (C=O) groups excluding carboxylic acids is 4. The Labute approximate surface area is 216 Å². The van der Waals surface area contributed by atoms with E-state index in [0.29, 0.717) is 30.7 Å². The molecule has 0 spiro atoms. The highest BCUT2D eigenvalue weighted by molar-refractivity contribution is 6.03. The number of nitrogens with one attached hydrogen (secondary N) is 1. The number of fused-ring (bicyclic) bond motifs is 1. The maximum Gasteiger partial charge on any atom is 0.287 e. The van der Waals surface area contributed by atoms with Crippen LogP contribution in [0.15, 0.2) is 61.1 Å². The van der Waals surface area contributed by atoms with E-state index in [-0.39, 0.29) is 35.8 Å². The van der Waals surface area contributed by atoms with E-state index < -0.39 is 24.0 Å². The highest BCUT2D eigenvalue weighted by Crippen LogP contribution is 2.32. The second kappa shape index (κ2) is 10.9. The lowest BCUT2D eigenvalue weighted by atomic mass is 10.0. The third-order valence-electron chi connectivity index (χ3n) is 6.77. The van der Waals surface area contributed by atoms with E-state index in [1.54, 1.807) is 30.5 Å². The summed E-state index contributed by atoms with van der Waals surface area (Å²) in [6, 6.07) is 8.58. The van der Waals surface area contributed by atoms with Gasteiger partial charge in [0.25, 0.3) is 11.8 Å². The van der Waals surface area contributed by atoms with E-state index in [1.807, 2.05) is 32.9 Å². The van der Waals surface area contributed by atoms with Crippen LogP contribution in [0.5, 0.6) is 5.75 Å². The van der Waals surface area contributed by atoms with Crippen molar-refractivity contribution in [3.63, 3.8) is 0 Å². The lowest BCUT2D eigenvalue weighted by Gasteiger charge is -2.29. The number of carbonyl (C=O) groups is 4. The minimum Gasteiger partial charge on any atom is -0.452 e. The molecular weight excluding hydrogens is 472 g/mol. The smallest absolute Gasteiger partial charge is 0.287 e. The van der Waals surface area contributed by atoms with Gasteiger partial charge in [0.05, 0.1) is 18.2 Å². The van der Waals surface area contributed by atoms with Gasteiger partial charge >= 0.3 is 0 Å². The summed E-state index contributed by atoms with van der Waals surface area (Å²) in [7, 11) is 0. The fourth-order valence-electron chi connectivity index (χ4n) is 4.98. The average molecular weight is 505 g/mol. The van der Waals surface area contributed by atoms with E-state index in [4.69, 9.17) is 4.74 Å². The summed E-state index contributed by atoms with van der Waals surface area (Å²) < 4.78 is 5.65. The largest absolute Gasteiger partial charge is 0.452 e. The minimum absolute atomic E-state index is 0.0604. The van der Waals surface area contributed by atoms with Gasteiger partial charge in [-0.25, -0.2) is 0 Å². The number of aryl methyl sites for hydroxylation is 1. The van der Waals surface area contributed by atoms with Crippen LogP contribution in [0.3, 0.4) is 0 Å². The number of nitrogens with zero attached hydrogens (tertiary/aromatic N) is 3. The Bertz CT molecular complexity index is 1210. The van der Waals surface area contributed by atoms with Crippen molar-refractivity contribution < 1.29 is 23.9 Å². The van der Waals surface area contributed by atoms with Gasteiger partial charge in [-0.2, -0.15) is 0 Å². The molecule has 2 saturated heterocycles. The zero-order valence-corrected chi connectivity index (χ0v) is 21.3. The first-order valence-electron chi connectivity index (χ1n) is 12.4. The van der Waals surface area contributed by atoms with Crippen molar-refractivity contribution in [2.45, 2.75) is 51.7 Å². The van der Waals surface area contributed by atoms with E-state index in [2.05, 4.69) is 16.9 Å². The fourth-order valence-corrected chi connectivity index (χ4v) is 4.98. The van der Waals surface area contributed by atoms with Crippen LogP contribution in [-0.4, -0.2) is 69.5 Å². The summed E-state index contributed by atoms with van der Waals surface area (Å²) >= 11 is 0. The highest BCUT2D eigenvalue weighted by atomic mass is 16.5. The summed E-state index contributed by atoms with van der Waals surface area (Å²) in [5.74, 6) is -0.922. The first kappa shape index (κ1) is 26.1. The first-order valence-corrected chi connectivity index (χ1v) is 12.4. The fraction of sp³-hybridized carbons (Fsp3) is 0.393. The number of hydrogen-bond acceptors (Lipinski definition) is 6. The number of hydrogen-bond donors (Lipinski definition) is 1. The number of rotatable bonds is 8. The van der Waals surface area contributed by atoms with Crippen LogP contribution in [0.4, 0.5) is 0 Å². The van der Waals surface area contributed by atoms with Crippen molar-refractivity contribution in [1.29, 1.82) is 0 Å². The van der Waals surface area contributed by atoms with Crippen molar-refractivity contribution in [2.75, 3.05) is 13.1 Å². The Kier molecular flexibility index (Phi) is 7.71. The monoisotopic (exact) mass is 504 g/mol. The van der Waals surface area contributed by atoms with Crippen molar-refractivity contribution in [1.82, 2.24) is 20.1 Å². The number of ketones is 1. The molecule has 37 heavy (non-hydrogen) atoms. The second-order valence-corrected chi connectivity index (χ2v) is 9.92. The predicted molar refractivity (Wildman–Crippen MR) is 137 cm³/mol. The maximum atomic E-state index is 13.7.